The van der Waals surface area contributed by atoms with Gasteiger partial charge in [-0.25, -0.2) is 0 Å². The summed E-state index contributed by atoms with van der Waals surface area (Å²) in [4.78, 5) is 22.8. The molecule has 15 heavy (non-hydrogen) atoms. The number of fused-ring (bicyclic) bond motifs is 1. The highest BCUT2D eigenvalue weighted by atomic mass is 16.3. The van der Waals surface area contributed by atoms with Crippen molar-refractivity contribution in [2.24, 2.45) is 11.3 Å². The maximum atomic E-state index is 11.5. The Morgan fingerprint density at radius 2 is 2.00 bits per heavy atom. The van der Waals surface area contributed by atoms with E-state index in [0.29, 0.717) is 0 Å². The van der Waals surface area contributed by atoms with Crippen molar-refractivity contribution in [2.45, 2.75) is 13.8 Å². The van der Waals surface area contributed by atoms with E-state index in [2.05, 4.69) is 0 Å². The van der Waals surface area contributed by atoms with Gasteiger partial charge in [-0.1, -0.05) is 19.9 Å². The average Bonchev–Trinajstić information content (AvgIpc) is 2.18. The number of carbonyl (C=O) groups is 2. The van der Waals surface area contributed by atoms with E-state index in [-0.39, 0.29) is 17.5 Å². The van der Waals surface area contributed by atoms with Gasteiger partial charge in [0.1, 0.15) is 0 Å². The van der Waals surface area contributed by atoms with Crippen molar-refractivity contribution >= 4 is 11.6 Å². The largest absolute Gasteiger partial charge is 0.504 e. The first-order chi connectivity index (χ1) is 6.95. The Balaban J connectivity index is 2.59. The smallest absolute Gasteiger partial charge is 0.220 e. The maximum absolute atomic E-state index is 11.5. The van der Waals surface area contributed by atoms with Crippen LogP contribution in [0.1, 0.15) is 13.8 Å². The SMILES string of the molecule is C[C@H]1C(=O)C=CC2=CC(=O)C(O)=C[C@]21C. The molecule has 0 heterocycles. The van der Waals surface area contributed by atoms with E-state index in [1.165, 1.54) is 18.2 Å². The fourth-order valence-corrected chi connectivity index (χ4v) is 2.02. The van der Waals surface area contributed by atoms with Crippen molar-refractivity contribution in [1.29, 1.82) is 0 Å². The van der Waals surface area contributed by atoms with Gasteiger partial charge < -0.3 is 5.11 Å². The molecule has 1 N–H and O–H groups in total. The minimum atomic E-state index is -0.552. The Kier molecular flexibility index (Phi) is 1.93. The lowest BCUT2D eigenvalue weighted by atomic mass is 9.65. The monoisotopic (exact) mass is 204 g/mol. The molecule has 3 heteroatoms. The number of allylic oxidation sites excluding steroid dienone is 5. The van der Waals surface area contributed by atoms with Crippen molar-refractivity contribution < 1.29 is 14.7 Å². The third-order valence-electron chi connectivity index (χ3n) is 3.35. The molecule has 2 rings (SSSR count). The molecule has 0 fully saturated rings. The summed E-state index contributed by atoms with van der Waals surface area (Å²) >= 11 is 0. The molecule has 2 aliphatic rings. The van der Waals surface area contributed by atoms with Crippen LogP contribution < -0.4 is 0 Å². The van der Waals surface area contributed by atoms with Crippen LogP contribution in [0.4, 0.5) is 0 Å². The molecule has 0 spiro atoms. The van der Waals surface area contributed by atoms with Crippen LogP contribution in [0.3, 0.4) is 0 Å². The van der Waals surface area contributed by atoms with Crippen LogP contribution in [-0.2, 0) is 9.59 Å². The van der Waals surface area contributed by atoms with Crippen molar-refractivity contribution in [3.63, 3.8) is 0 Å². The zero-order valence-corrected chi connectivity index (χ0v) is 8.65. The standard InChI is InChI=1S/C12H12O3/c1-7-9(13)4-3-8-5-10(14)11(15)6-12(7,8)2/h3-7,15H,1-2H3/t7-,12-/m0/s1. The normalized spacial score (nSPS) is 34.7. The predicted octanol–water partition coefficient (Wildman–Crippen LogP) is 1.72. The molecule has 0 saturated heterocycles. The number of aliphatic hydroxyl groups excluding tert-OH is 1. The lowest BCUT2D eigenvalue weighted by Gasteiger charge is -2.37. The summed E-state index contributed by atoms with van der Waals surface area (Å²) in [5.74, 6) is -0.887. The predicted molar refractivity (Wildman–Crippen MR) is 55.2 cm³/mol. The summed E-state index contributed by atoms with van der Waals surface area (Å²) in [6.07, 6.45) is 6.02. The van der Waals surface area contributed by atoms with Gasteiger partial charge in [0.2, 0.25) is 5.78 Å². The minimum absolute atomic E-state index is 0.0213. The van der Waals surface area contributed by atoms with Crippen LogP contribution in [0.15, 0.2) is 35.6 Å². The number of carbonyl (C=O) groups excluding carboxylic acids is 2. The molecule has 0 bridgehead atoms. The molecule has 2 aliphatic carbocycles. The fourth-order valence-electron chi connectivity index (χ4n) is 2.02. The van der Waals surface area contributed by atoms with Gasteiger partial charge in [-0.05, 0) is 23.8 Å². The number of hydrogen-bond donors (Lipinski definition) is 1. The number of rotatable bonds is 0. The van der Waals surface area contributed by atoms with Gasteiger partial charge in [-0.15, -0.1) is 0 Å². The van der Waals surface area contributed by atoms with E-state index in [1.54, 1.807) is 13.0 Å². The summed E-state index contributed by atoms with van der Waals surface area (Å²) in [6, 6.07) is 0. The van der Waals surface area contributed by atoms with Crippen LogP contribution in [0.25, 0.3) is 0 Å². The van der Waals surface area contributed by atoms with Crippen molar-refractivity contribution in [3.05, 3.63) is 35.6 Å². The van der Waals surface area contributed by atoms with Crippen LogP contribution in [-0.4, -0.2) is 16.7 Å². The Morgan fingerprint density at radius 3 is 2.67 bits per heavy atom. The van der Waals surface area contributed by atoms with E-state index in [0.717, 1.165) is 5.57 Å². The molecule has 3 nitrogen and oxygen atoms in total. The van der Waals surface area contributed by atoms with Crippen LogP contribution in [0.2, 0.25) is 0 Å². The quantitative estimate of drug-likeness (QED) is 0.653. The first kappa shape index (κ1) is 9.90. The molecule has 0 aromatic carbocycles. The summed E-state index contributed by atoms with van der Waals surface area (Å²) in [5, 5.41) is 9.42. The molecule has 0 unspecified atom stereocenters. The lowest BCUT2D eigenvalue weighted by Crippen LogP contribution is -2.36. The molecule has 0 amide bonds. The third kappa shape index (κ3) is 1.27. The third-order valence-corrected chi connectivity index (χ3v) is 3.35. The van der Waals surface area contributed by atoms with E-state index < -0.39 is 11.2 Å². The minimum Gasteiger partial charge on any atom is -0.504 e. The molecule has 0 aromatic heterocycles. The van der Waals surface area contributed by atoms with Crippen molar-refractivity contribution in [2.75, 3.05) is 0 Å². The maximum Gasteiger partial charge on any atom is 0.220 e. The molecule has 0 aromatic rings. The number of hydrogen-bond acceptors (Lipinski definition) is 3. The van der Waals surface area contributed by atoms with Crippen LogP contribution in [0, 0.1) is 11.3 Å². The number of ketones is 2. The van der Waals surface area contributed by atoms with E-state index in [9.17, 15) is 14.7 Å². The van der Waals surface area contributed by atoms with Gasteiger partial charge in [0.05, 0.1) is 0 Å². The number of aliphatic hydroxyl groups is 1. The molecular weight excluding hydrogens is 192 g/mol. The zero-order valence-electron chi connectivity index (χ0n) is 8.65. The van der Waals surface area contributed by atoms with E-state index in [4.69, 9.17) is 0 Å². The average molecular weight is 204 g/mol. The van der Waals surface area contributed by atoms with Gasteiger partial charge in [0, 0.05) is 11.3 Å². The highest BCUT2D eigenvalue weighted by Gasteiger charge is 2.41. The van der Waals surface area contributed by atoms with Crippen molar-refractivity contribution in [3.8, 4) is 0 Å². The van der Waals surface area contributed by atoms with Gasteiger partial charge in [-0.3, -0.25) is 9.59 Å². The van der Waals surface area contributed by atoms with Crippen LogP contribution in [0.5, 0.6) is 0 Å². The van der Waals surface area contributed by atoms with Gasteiger partial charge >= 0.3 is 0 Å². The van der Waals surface area contributed by atoms with Gasteiger partial charge in [0.15, 0.2) is 11.5 Å². The second-order valence-corrected chi connectivity index (χ2v) is 4.23. The highest BCUT2D eigenvalue weighted by molar-refractivity contribution is 6.06. The summed E-state index contributed by atoms with van der Waals surface area (Å²) in [6.45, 7) is 3.66. The molecule has 78 valence electrons. The first-order valence-corrected chi connectivity index (χ1v) is 4.85. The van der Waals surface area contributed by atoms with E-state index in [1.807, 2.05) is 6.92 Å². The summed E-state index contributed by atoms with van der Waals surface area (Å²) in [7, 11) is 0. The summed E-state index contributed by atoms with van der Waals surface area (Å²) < 4.78 is 0. The van der Waals surface area contributed by atoms with Gasteiger partial charge in [0.25, 0.3) is 0 Å². The Morgan fingerprint density at radius 1 is 1.33 bits per heavy atom. The highest BCUT2D eigenvalue weighted by Crippen LogP contribution is 2.43. The molecular formula is C12H12O3. The Bertz CT molecular complexity index is 440. The zero-order chi connectivity index (χ0) is 11.2. The fraction of sp³-hybridized carbons (Fsp3) is 0.333. The second kappa shape index (κ2) is 2.92. The van der Waals surface area contributed by atoms with E-state index >= 15 is 0 Å². The molecule has 0 saturated carbocycles. The Hall–Kier alpha value is -1.64. The first-order valence-electron chi connectivity index (χ1n) is 4.85. The molecule has 2 atom stereocenters. The lowest BCUT2D eigenvalue weighted by molar-refractivity contribution is -0.120. The topological polar surface area (TPSA) is 54.4 Å². The van der Waals surface area contributed by atoms with Crippen LogP contribution >= 0.6 is 0 Å². The Labute approximate surface area is 87.8 Å². The van der Waals surface area contributed by atoms with Crippen molar-refractivity contribution in [1.82, 2.24) is 0 Å². The molecule has 0 radical (unpaired) electrons. The summed E-state index contributed by atoms with van der Waals surface area (Å²) in [5.41, 5.74) is 0.238. The van der Waals surface area contributed by atoms with Gasteiger partial charge in [-0.2, -0.15) is 0 Å². The molecule has 0 aliphatic heterocycles. The second-order valence-electron chi connectivity index (χ2n) is 4.23.